The summed E-state index contributed by atoms with van der Waals surface area (Å²) >= 11 is 0. The molecule has 2 rings (SSSR count). The van der Waals surface area contributed by atoms with Gasteiger partial charge in [0.15, 0.2) is 11.8 Å². The van der Waals surface area contributed by atoms with Gasteiger partial charge in [0, 0.05) is 0 Å². The molecule has 0 bridgehead atoms. The van der Waals surface area contributed by atoms with Crippen molar-refractivity contribution in [3.63, 3.8) is 0 Å². The van der Waals surface area contributed by atoms with Crippen LogP contribution in [0.2, 0.25) is 0 Å². The highest BCUT2D eigenvalue weighted by Crippen LogP contribution is 2.16. The van der Waals surface area contributed by atoms with Gasteiger partial charge in [-0.25, -0.2) is 4.79 Å². The molecule has 1 aromatic carbocycles. The van der Waals surface area contributed by atoms with Crippen LogP contribution in [0.4, 0.5) is 0 Å². The fourth-order valence-corrected chi connectivity index (χ4v) is 1.75. The molecule has 0 aliphatic rings. The predicted octanol–water partition coefficient (Wildman–Crippen LogP) is 2.14. The number of aryl methyl sites for hydroxylation is 1. The van der Waals surface area contributed by atoms with Crippen molar-refractivity contribution >= 4 is 11.9 Å². The molecule has 2 N–H and O–H groups in total. The number of hydrogen-bond acceptors (Lipinski definition) is 3. The fourth-order valence-electron chi connectivity index (χ4n) is 1.75. The minimum Gasteiger partial charge on any atom is -0.479 e. The van der Waals surface area contributed by atoms with E-state index < -0.39 is 17.9 Å². The fraction of sp³-hybridized carbons (Fsp3) is 0.143. The lowest BCUT2D eigenvalue weighted by molar-refractivity contribution is -0.139. The van der Waals surface area contributed by atoms with Gasteiger partial charge in [-0.2, -0.15) is 0 Å². The Kier molecular flexibility index (Phi) is 3.66. The summed E-state index contributed by atoms with van der Waals surface area (Å²) in [6.07, 6.45) is 1.36. The number of nitrogens with one attached hydrogen (secondary N) is 1. The lowest BCUT2D eigenvalue weighted by Gasteiger charge is -2.14. The van der Waals surface area contributed by atoms with Crippen molar-refractivity contribution in [1.82, 2.24) is 5.32 Å². The summed E-state index contributed by atoms with van der Waals surface area (Å²) in [5.74, 6) is -1.59. The second kappa shape index (κ2) is 5.39. The molecule has 0 aliphatic heterocycles. The molecule has 2 aromatic rings. The number of carbonyl (C=O) groups is 2. The van der Waals surface area contributed by atoms with E-state index in [1.807, 2.05) is 13.0 Å². The molecule has 19 heavy (non-hydrogen) atoms. The Hall–Kier alpha value is -2.56. The zero-order valence-electron chi connectivity index (χ0n) is 10.3. The van der Waals surface area contributed by atoms with Crippen LogP contribution in [0.5, 0.6) is 0 Å². The number of aliphatic carboxylic acids is 1. The van der Waals surface area contributed by atoms with E-state index in [-0.39, 0.29) is 5.76 Å². The van der Waals surface area contributed by atoms with E-state index in [2.05, 4.69) is 5.32 Å². The zero-order chi connectivity index (χ0) is 13.8. The van der Waals surface area contributed by atoms with Crippen LogP contribution in [0.15, 0.2) is 47.1 Å². The number of carboxylic acids is 1. The van der Waals surface area contributed by atoms with Gasteiger partial charge in [0.2, 0.25) is 0 Å². The van der Waals surface area contributed by atoms with E-state index in [0.29, 0.717) is 5.56 Å². The molecule has 0 spiro atoms. The number of benzene rings is 1. The molecular weight excluding hydrogens is 246 g/mol. The van der Waals surface area contributed by atoms with Crippen LogP contribution in [0, 0.1) is 6.92 Å². The maximum absolute atomic E-state index is 11.8. The molecule has 0 radical (unpaired) electrons. The number of rotatable bonds is 4. The van der Waals surface area contributed by atoms with E-state index in [0.717, 1.165) is 5.56 Å². The Bertz CT molecular complexity index is 589. The first-order valence-electron chi connectivity index (χ1n) is 5.71. The second-order valence-electron chi connectivity index (χ2n) is 4.14. The molecule has 1 amide bonds. The van der Waals surface area contributed by atoms with Crippen molar-refractivity contribution in [2.75, 3.05) is 0 Å². The average molecular weight is 259 g/mol. The summed E-state index contributed by atoms with van der Waals surface area (Å²) in [5, 5.41) is 11.6. The van der Waals surface area contributed by atoms with Gasteiger partial charge in [0.25, 0.3) is 5.91 Å². The topological polar surface area (TPSA) is 79.5 Å². The number of amides is 1. The quantitative estimate of drug-likeness (QED) is 0.881. The first kappa shape index (κ1) is 12.9. The standard InChI is InChI=1S/C14H13NO4/c1-9-4-2-5-10(8-9)12(14(17)18)15-13(16)11-6-3-7-19-11/h2-8,12H,1H3,(H,15,16)(H,17,18). The lowest BCUT2D eigenvalue weighted by Crippen LogP contribution is -2.33. The van der Waals surface area contributed by atoms with Crippen LogP contribution in [-0.4, -0.2) is 17.0 Å². The van der Waals surface area contributed by atoms with Gasteiger partial charge in [-0.05, 0) is 24.6 Å². The molecule has 0 saturated heterocycles. The van der Waals surface area contributed by atoms with Gasteiger partial charge in [-0.15, -0.1) is 0 Å². The molecule has 1 aromatic heterocycles. The molecule has 5 heteroatoms. The van der Waals surface area contributed by atoms with Gasteiger partial charge in [0.05, 0.1) is 6.26 Å². The minimum absolute atomic E-state index is 0.0823. The smallest absolute Gasteiger partial charge is 0.330 e. The van der Waals surface area contributed by atoms with E-state index in [1.165, 1.54) is 12.3 Å². The summed E-state index contributed by atoms with van der Waals surface area (Å²) in [4.78, 5) is 23.1. The second-order valence-corrected chi connectivity index (χ2v) is 4.14. The number of carboxylic acid groups (broad SMARTS) is 1. The maximum atomic E-state index is 11.8. The molecule has 0 saturated carbocycles. The van der Waals surface area contributed by atoms with Crippen LogP contribution >= 0.6 is 0 Å². The first-order chi connectivity index (χ1) is 9.08. The van der Waals surface area contributed by atoms with Crippen molar-refractivity contribution in [3.05, 3.63) is 59.5 Å². The third kappa shape index (κ3) is 3.01. The van der Waals surface area contributed by atoms with Crippen molar-refractivity contribution in [2.45, 2.75) is 13.0 Å². The number of furan rings is 1. The average Bonchev–Trinajstić information content (AvgIpc) is 2.89. The number of hydrogen-bond donors (Lipinski definition) is 2. The summed E-state index contributed by atoms with van der Waals surface area (Å²) in [6, 6.07) is 8.94. The van der Waals surface area contributed by atoms with Gasteiger partial charge in [0.1, 0.15) is 0 Å². The Morgan fingerprint density at radius 1 is 1.26 bits per heavy atom. The Morgan fingerprint density at radius 3 is 2.63 bits per heavy atom. The van der Waals surface area contributed by atoms with E-state index in [4.69, 9.17) is 4.42 Å². The van der Waals surface area contributed by atoms with Gasteiger partial charge < -0.3 is 14.8 Å². The van der Waals surface area contributed by atoms with Crippen LogP contribution in [0.3, 0.4) is 0 Å². The molecule has 0 fully saturated rings. The molecule has 1 unspecified atom stereocenters. The SMILES string of the molecule is Cc1cccc(C(NC(=O)c2ccco2)C(=O)O)c1. The highest BCUT2D eigenvalue weighted by Gasteiger charge is 2.23. The van der Waals surface area contributed by atoms with E-state index in [9.17, 15) is 14.7 Å². The summed E-state index contributed by atoms with van der Waals surface area (Å²) < 4.78 is 4.93. The molecule has 98 valence electrons. The van der Waals surface area contributed by atoms with Gasteiger partial charge in [-0.1, -0.05) is 29.8 Å². The highest BCUT2D eigenvalue weighted by molar-refractivity contribution is 5.94. The summed E-state index contributed by atoms with van der Waals surface area (Å²) in [6.45, 7) is 1.86. The van der Waals surface area contributed by atoms with Gasteiger partial charge in [-0.3, -0.25) is 4.79 Å². The Morgan fingerprint density at radius 2 is 2.05 bits per heavy atom. The maximum Gasteiger partial charge on any atom is 0.330 e. The van der Waals surface area contributed by atoms with Crippen LogP contribution in [-0.2, 0) is 4.79 Å². The van der Waals surface area contributed by atoms with Crippen LogP contribution in [0.1, 0.15) is 27.7 Å². The molecule has 1 atom stereocenters. The summed E-state index contributed by atoms with van der Waals surface area (Å²) in [7, 11) is 0. The molecule has 0 aliphatic carbocycles. The van der Waals surface area contributed by atoms with Crippen molar-refractivity contribution in [2.24, 2.45) is 0 Å². The highest BCUT2D eigenvalue weighted by atomic mass is 16.4. The summed E-state index contributed by atoms with van der Waals surface area (Å²) in [5.41, 5.74) is 1.45. The largest absolute Gasteiger partial charge is 0.479 e. The third-order valence-electron chi connectivity index (χ3n) is 2.64. The first-order valence-corrected chi connectivity index (χ1v) is 5.71. The number of carbonyl (C=O) groups excluding carboxylic acids is 1. The normalized spacial score (nSPS) is 11.8. The van der Waals surface area contributed by atoms with Crippen LogP contribution < -0.4 is 5.32 Å². The van der Waals surface area contributed by atoms with Crippen molar-refractivity contribution in [1.29, 1.82) is 0 Å². The van der Waals surface area contributed by atoms with Crippen molar-refractivity contribution < 1.29 is 19.1 Å². The van der Waals surface area contributed by atoms with E-state index >= 15 is 0 Å². The minimum atomic E-state index is -1.12. The van der Waals surface area contributed by atoms with Crippen molar-refractivity contribution in [3.8, 4) is 0 Å². The van der Waals surface area contributed by atoms with Gasteiger partial charge >= 0.3 is 5.97 Å². The van der Waals surface area contributed by atoms with E-state index in [1.54, 1.807) is 24.3 Å². The third-order valence-corrected chi connectivity index (χ3v) is 2.64. The zero-order valence-corrected chi connectivity index (χ0v) is 10.3. The lowest BCUT2D eigenvalue weighted by atomic mass is 10.0. The predicted molar refractivity (Wildman–Crippen MR) is 67.7 cm³/mol. The van der Waals surface area contributed by atoms with Crippen LogP contribution in [0.25, 0.3) is 0 Å². The monoisotopic (exact) mass is 259 g/mol. The molecule has 1 heterocycles. The Balaban J connectivity index is 2.22. The molecule has 5 nitrogen and oxygen atoms in total. The Labute approximate surface area is 109 Å². The molecular formula is C14H13NO4.